The Morgan fingerprint density at radius 1 is 1.47 bits per heavy atom. The van der Waals surface area contributed by atoms with Crippen molar-refractivity contribution in [3.63, 3.8) is 0 Å². The fourth-order valence-corrected chi connectivity index (χ4v) is 2.79. The van der Waals surface area contributed by atoms with Crippen molar-refractivity contribution in [3.05, 3.63) is 0 Å². The third-order valence-electron chi connectivity index (χ3n) is 3.62. The van der Waals surface area contributed by atoms with Crippen LogP contribution in [0.5, 0.6) is 0 Å². The van der Waals surface area contributed by atoms with E-state index in [4.69, 9.17) is 14.6 Å². The number of carboxylic acids is 1. The van der Waals surface area contributed by atoms with Gasteiger partial charge in [0.1, 0.15) is 0 Å². The van der Waals surface area contributed by atoms with Crippen LogP contribution in [0, 0.1) is 0 Å². The maximum Gasteiger partial charge on any atom is 0.332 e. The second-order valence-corrected chi connectivity index (χ2v) is 4.62. The van der Waals surface area contributed by atoms with Gasteiger partial charge in [-0.1, -0.05) is 0 Å². The van der Waals surface area contributed by atoms with Gasteiger partial charge in [-0.3, -0.25) is 0 Å². The summed E-state index contributed by atoms with van der Waals surface area (Å²) in [6.45, 7) is 0. The zero-order valence-electron chi connectivity index (χ0n) is 9.07. The molecule has 4 heteroatoms. The highest BCUT2D eigenvalue weighted by molar-refractivity contribution is 5.72. The lowest BCUT2D eigenvalue weighted by molar-refractivity contribution is -0.159. The Morgan fingerprint density at radius 2 is 2.27 bits per heavy atom. The van der Waals surface area contributed by atoms with Crippen LogP contribution in [-0.4, -0.2) is 36.0 Å². The average Bonchev–Trinajstić information content (AvgIpc) is 2.62. The van der Waals surface area contributed by atoms with E-state index in [-0.39, 0.29) is 11.7 Å². The first-order valence-electron chi connectivity index (χ1n) is 5.59. The van der Waals surface area contributed by atoms with E-state index in [1.54, 1.807) is 7.11 Å². The summed E-state index contributed by atoms with van der Waals surface area (Å²) in [6, 6.07) is 0. The van der Waals surface area contributed by atoms with Crippen molar-refractivity contribution in [1.29, 1.82) is 0 Å². The first-order valence-corrected chi connectivity index (χ1v) is 5.59. The molecule has 3 atom stereocenters. The van der Waals surface area contributed by atoms with Crippen molar-refractivity contribution in [3.8, 4) is 0 Å². The third-order valence-corrected chi connectivity index (χ3v) is 3.62. The van der Waals surface area contributed by atoms with Gasteiger partial charge < -0.3 is 14.6 Å². The minimum Gasteiger partial charge on any atom is -0.479 e. The van der Waals surface area contributed by atoms with Crippen molar-refractivity contribution < 1.29 is 19.4 Å². The molecule has 0 aromatic rings. The standard InChI is InChI=1S/C11H18O4/c1-14-8-3-2-5-11(7-8)6-4-9(15-11)10(12)13/h8-9H,2-7H2,1H3,(H,12,13). The Labute approximate surface area is 89.6 Å². The van der Waals surface area contributed by atoms with Crippen LogP contribution in [0.15, 0.2) is 0 Å². The van der Waals surface area contributed by atoms with Crippen LogP contribution < -0.4 is 0 Å². The van der Waals surface area contributed by atoms with E-state index < -0.39 is 12.1 Å². The number of carboxylic acid groups (broad SMARTS) is 1. The molecule has 15 heavy (non-hydrogen) atoms. The fraction of sp³-hybridized carbons (Fsp3) is 0.909. The van der Waals surface area contributed by atoms with E-state index in [9.17, 15) is 4.79 Å². The van der Waals surface area contributed by atoms with E-state index in [0.717, 1.165) is 32.1 Å². The van der Waals surface area contributed by atoms with Crippen LogP contribution in [0.2, 0.25) is 0 Å². The molecule has 2 aliphatic rings. The number of ether oxygens (including phenoxy) is 2. The number of hydrogen-bond acceptors (Lipinski definition) is 3. The van der Waals surface area contributed by atoms with Crippen LogP contribution in [0.4, 0.5) is 0 Å². The Kier molecular flexibility index (Phi) is 2.98. The smallest absolute Gasteiger partial charge is 0.332 e. The van der Waals surface area contributed by atoms with Gasteiger partial charge >= 0.3 is 5.97 Å². The number of methoxy groups -OCH3 is 1. The molecule has 1 aliphatic heterocycles. The summed E-state index contributed by atoms with van der Waals surface area (Å²) in [7, 11) is 1.72. The van der Waals surface area contributed by atoms with Gasteiger partial charge in [0.15, 0.2) is 6.10 Å². The fourth-order valence-electron chi connectivity index (χ4n) is 2.79. The molecule has 0 amide bonds. The van der Waals surface area contributed by atoms with Gasteiger partial charge in [0.05, 0.1) is 11.7 Å². The molecule has 0 radical (unpaired) electrons. The quantitative estimate of drug-likeness (QED) is 0.758. The second kappa shape index (κ2) is 4.10. The lowest BCUT2D eigenvalue weighted by Gasteiger charge is -2.36. The molecule has 2 rings (SSSR count). The van der Waals surface area contributed by atoms with E-state index in [1.165, 1.54) is 0 Å². The summed E-state index contributed by atoms with van der Waals surface area (Å²) in [6.07, 6.45) is 5.14. The van der Waals surface area contributed by atoms with Crippen LogP contribution in [0.3, 0.4) is 0 Å². The van der Waals surface area contributed by atoms with Gasteiger partial charge in [0.2, 0.25) is 0 Å². The number of aliphatic carboxylic acids is 1. The topological polar surface area (TPSA) is 55.8 Å². The Morgan fingerprint density at radius 3 is 2.87 bits per heavy atom. The van der Waals surface area contributed by atoms with Crippen molar-refractivity contribution >= 4 is 5.97 Å². The summed E-state index contributed by atoms with van der Waals surface area (Å²) in [5.74, 6) is -0.827. The Hall–Kier alpha value is -0.610. The first-order chi connectivity index (χ1) is 7.15. The van der Waals surface area contributed by atoms with Crippen LogP contribution in [0.25, 0.3) is 0 Å². The molecule has 1 spiro atoms. The first kappa shape index (κ1) is 10.9. The van der Waals surface area contributed by atoms with Gasteiger partial charge in [-0.25, -0.2) is 4.79 Å². The predicted molar refractivity (Wildman–Crippen MR) is 53.7 cm³/mol. The normalized spacial score (nSPS) is 40.9. The van der Waals surface area contributed by atoms with Crippen molar-refractivity contribution in [1.82, 2.24) is 0 Å². The molecule has 1 saturated carbocycles. The van der Waals surface area contributed by atoms with E-state index in [1.807, 2.05) is 0 Å². The van der Waals surface area contributed by atoms with Crippen molar-refractivity contribution in [2.24, 2.45) is 0 Å². The average molecular weight is 214 g/mol. The Bertz CT molecular complexity index is 253. The molecule has 1 aliphatic carbocycles. The highest BCUT2D eigenvalue weighted by atomic mass is 16.5. The molecule has 1 N–H and O–H groups in total. The Balaban J connectivity index is 1.99. The SMILES string of the molecule is COC1CCCC2(CCC(C(=O)O)O2)C1. The second-order valence-electron chi connectivity index (χ2n) is 4.62. The molecule has 1 saturated heterocycles. The number of rotatable bonds is 2. The summed E-state index contributed by atoms with van der Waals surface area (Å²) in [5, 5.41) is 8.89. The zero-order valence-corrected chi connectivity index (χ0v) is 9.07. The lowest BCUT2D eigenvalue weighted by atomic mass is 9.81. The lowest BCUT2D eigenvalue weighted by Crippen LogP contribution is -2.39. The summed E-state index contributed by atoms with van der Waals surface area (Å²) in [4.78, 5) is 10.8. The van der Waals surface area contributed by atoms with E-state index >= 15 is 0 Å². The maximum atomic E-state index is 10.8. The van der Waals surface area contributed by atoms with Gasteiger partial charge in [-0.2, -0.15) is 0 Å². The van der Waals surface area contributed by atoms with Gasteiger partial charge in [-0.15, -0.1) is 0 Å². The van der Waals surface area contributed by atoms with Gasteiger partial charge in [0, 0.05) is 13.5 Å². The monoisotopic (exact) mass is 214 g/mol. The maximum absolute atomic E-state index is 10.8. The molecule has 0 bridgehead atoms. The van der Waals surface area contributed by atoms with Crippen LogP contribution in [-0.2, 0) is 14.3 Å². The molecule has 4 nitrogen and oxygen atoms in total. The molecule has 3 unspecified atom stereocenters. The molecule has 1 heterocycles. The largest absolute Gasteiger partial charge is 0.479 e. The van der Waals surface area contributed by atoms with Crippen LogP contribution >= 0.6 is 0 Å². The summed E-state index contributed by atoms with van der Waals surface area (Å²) >= 11 is 0. The minimum atomic E-state index is -0.827. The molecule has 86 valence electrons. The van der Waals surface area contributed by atoms with E-state index in [2.05, 4.69) is 0 Å². The predicted octanol–water partition coefficient (Wildman–Crippen LogP) is 1.58. The third kappa shape index (κ3) is 2.16. The van der Waals surface area contributed by atoms with Gasteiger partial charge in [-0.05, 0) is 32.1 Å². The van der Waals surface area contributed by atoms with Crippen LogP contribution in [0.1, 0.15) is 38.5 Å². The number of carbonyl (C=O) groups is 1. The highest BCUT2D eigenvalue weighted by Gasteiger charge is 2.45. The van der Waals surface area contributed by atoms with Gasteiger partial charge in [0.25, 0.3) is 0 Å². The van der Waals surface area contributed by atoms with Crippen molar-refractivity contribution in [2.45, 2.75) is 56.3 Å². The highest BCUT2D eigenvalue weighted by Crippen LogP contribution is 2.42. The summed E-state index contributed by atoms with van der Waals surface area (Å²) < 4.78 is 11.0. The molecule has 0 aromatic carbocycles. The molecular weight excluding hydrogens is 196 g/mol. The van der Waals surface area contributed by atoms with Crippen molar-refractivity contribution in [2.75, 3.05) is 7.11 Å². The van der Waals surface area contributed by atoms with E-state index in [0.29, 0.717) is 6.42 Å². The zero-order chi connectivity index (χ0) is 10.9. The number of hydrogen-bond donors (Lipinski definition) is 1. The molecule has 2 fully saturated rings. The molecular formula is C11H18O4. The summed E-state index contributed by atoms with van der Waals surface area (Å²) in [5.41, 5.74) is -0.206. The molecule has 0 aromatic heterocycles. The minimum absolute atomic E-state index is 0.206.